The number of benzene rings is 1. The fraction of sp³-hybridized carbons (Fsp3) is 0.238. The van der Waals surface area contributed by atoms with Crippen LogP contribution in [0.25, 0.3) is 11.3 Å². The second-order valence-electron chi connectivity index (χ2n) is 7.10. The lowest BCUT2D eigenvalue weighted by molar-refractivity contribution is -0.127. The van der Waals surface area contributed by atoms with E-state index in [1.54, 1.807) is 29.3 Å². The van der Waals surface area contributed by atoms with Crippen LogP contribution in [0.5, 0.6) is 0 Å². The number of amides is 2. The average Bonchev–Trinajstić information content (AvgIpc) is 3.44. The number of halogens is 1. The van der Waals surface area contributed by atoms with Gasteiger partial charge in [0, 0.05) is 29.9 Å². The number of aromatic nitrogens is 4. The summed E-state index contributed by atoms with van der Waals surface area (Å²) in [6.45, 7) is 4.86. The molecule has 2 aromatic heterocycles. The van der Waals surface area contributed by atoms with Crippen molar-refractivity contribution < 1.29 is 9.59 Å². The maximum absolute atomic E-state index is 12.6. The Balaban J connectivity index is 1.37. The summed E-state index contributed by atoms with van der Waals surface area (Å²) in [5.41, 5.74) is 2.48. The maximum Gasteiger partial charge on any atom is 0.273 e. The number of nitrogens with one attached hydrogen (secondary N) is 2. The van der Waals surface area contributed by atoms with Crippen LogP contribution < -0.4 is 5.32 Å². The Morgan fingerprint density at radius 3 is 2.67 bits per heavy atom. The fourth-order valence-corrected chi connectivity index (χ4v) is 3.61. The van der Waals surface area contributed by atoms with Gasteiger partial charge in [-0.1, -0.05) is 30.3 Å². The molecule has 8 nitrogen and oxygen atoms in total. The van der Waals surface area contributed by atoms with Gasteiger partial charge < -0.3 is 10.2 Å². The molecule has 0 aliphatic carbocycles. The average molecular weight is 425 g/mol. The Morgan fingerprint density at radius 1 is 1.23 bits per heavy atom. The van der Waals surface area contributed by atoms with E-state index in [2.05, 4.69) is 27.2 Å². The molecule has 3 heterocycles. The van der Waals surface area contributed by atoms with Crippen LogP contribution in [0, 0.1) is 0 Å². The number of piperidine rings is 1. The first-order valence-electron chi connectivity index (χ1n) is 9.61. The number of nitrogens with zero attached hydrogens (tertiary/aromatic N) is 4. The highest BCUT2D eigenvalue weighted by molar-refractivity contribution is 6.30. The zero-order chi connectivity index (χ0) is 21.1. The van der Waals surface area contributed by atoms with Crippen molar-refractivity contribution in [2.24, 2.45) is 0 Å². The summed E-state index contributed by atoms with van der Waals surface area (Å²) in [6, 6.07) is 9.12. The number of likely N-dealkylation sites (tertiary alicyclic amines) is 1. The van der Waals surface area contributed by atoms with E-state index in [9.17, 15) is 9.59 Å². The first-order chi connectivity index (χ1) is 14.5. The Kier molecular flexibility index (Phi) is 5.67. The molecule has 1 aromatic carbocycles. The molecule has 2 N–H and O–H groups in total. The van der Waals surface area contributed by atoms with Gasteiger partial charge in [-0.15, -0.1) is 0 Å². The molecule has 0 saturated carbocycles. The minimum atomic E-state index is -0.298. The second-order valence-corrected chi connectivity index (χ2v) is 7.53. The monoisotopic (exact) mass is 424 g/mol. The van der Waals surface area contributed by atoms with Crippen LogP contribution >= 0.6 is 11.6 Å². The normalized spacial score (nSPS) is 14.5. The Hall–Kier alpha value is -3.39. The van der Waals surface area contributed by atoms with E-state index in [4.69, 9.17) is 11.6 Å². The topological polar surface area (TPSA) is 95.9 Å². The van der Waals surface area contributed by atoms with Gasteiger partial charge in [0.15, 0.2) is 0 Å². The van der Waals surface area contributed by atoms with Crippen molar-refractivity contribution >= 4 is 29.1 Å². The van der Waals surface area contributed by atoms with E-state index in [-0.39, 0.29) is 17.9 Å². The van der Waals surface area contributed by atoms with Crippen LogP contribution in [0.15, 0.2) is 55.4 Å². The van der Waals surface area contributed by atoms with E-state index in [1.807, 2.05) is 23.0 Å². The van der Waals surface area contributed by atoms with Crippen molar-refractivity contribution in [3.8, 4) is 11.3 Å². The lowest BCUT2D eigenvalue weighted by Gasteiger charge is -2.31. The zero-order valence-corrected chi connectivity index (χ0v) is 17.0. The largest absolute Gasteiger partial charge is 0.339 e. The first-order valence-corrected chi connectivity index (χ1v) is 9.99. The molecule has 1 fully saturated rings. The molecule has 1 aliphatic rings. The third-order valence-electron chi connectivity index (χ3n) is 5.15. The number of carbonyl (C=O) groups excluding carboxylic acids is 2. The van der Waals surface area contributed by atoms with Gasteiger partial charge in [-0.25, -0.2) is 0 Å². The predicted molar refractivity (Wildman–Crippen MR) is 114 cm³/mol. The smallest absolute Gasteiger partial charge is 0.273 e. The molecule has 0 unspecified atom stereocenters. The van der Waals surface area contributed by atoms with Crippen molar-refractivity contribution in [2.75, 3.05) is 18.4 Å². The van der Waals surface area contributed by atoms with Gasteiger partial charge >= 0.3 is 0 Å². The highest BCUT2D eigenvalue weighted by Gasteiger charge is 2.23. The SMILES string of the molecule is C=CC(=O)N1CCC(n2cc(NC(=O)c3cc(-c4ccc(Cl)cc4)n[nH]3)cn2)CC1. The van der Waals surface area contributed by atoms with Gasteiger partial charge in [0.05, 0.1) is 23.6 Å². The molecule has 0 bridgehead atoms. The van der Waals surface area contributed by atoms with Gasteiger partial charge in [0.1, 0.15) is 5.69 Å². The van der Waals surface area contributed by atoms with Crippen LogP contribution in [0.2, 0.25) is 5.02 Å². The van der Waals surface area contributed by atoms with Crippen molar-refractivity contribution in [3.05, 3.63) is 66.1 Å². The number of anilines is 1. The molecule has 1 aliphatic heterocycles. The molecule has 0 radical (unpaired) electrons. The van der Waals surface area contributed by atoms with Crippen LogP contribution in [0.1, 0.15) is 29.4 Å². The van der Waals surface area contributed by atoms with E-state index in [0.29, 0.717) is 35.2 Å². The van der Waals surface area contributed by atoms with E-state index in [1.165, 1.54) is 6.08 Å². The quantitative estimate of drug-likeness (QED) is 0.612. The Bertz CT molecular complexity index is 1060. The fourth-order valence-electron chi connectivity index (χ4n) is 3.49. The Morgan fingerprint density at radius 2 is 1.97 bits per heavy atom. The van der Waals surface area contributed by atoms with Crippen LogP contribution in [0.4, 0.5) is 5.69 Å². The lowest BCUT2D eigenvalue weighted by atomic mass is 10.1. The molecule has 4 rings (SSSR count). The molecule has 1 saturated heterocycles. The highest BCUT2D eigenvalue weighted by Crippen LogP contribution is 2.24. The van der Waals surface area contributed by atoms with Gasteiger partial charge in [-0.3, -0.25) is 19.4 Å². The van der Waals surface area contributed by atoms with Gasteiger partial charge in [0.2, 0.25) is 5.91 Å². The molecule has 0 atom stereocenters. The minimum absolute atomic E-state index is 0.0422. The third kappa shape index (κ3) is 4.28. The molecular weight excluding hydrogens is 404 g/mol. The number of rotatable bonds is 5. The molecule has 0 spiro atoms. The summed E-state index contributed by atoms with van der Waals surface area (Å²) >= 11 is 5.91. The van der Waals surface area contributed by atoms with Crippen molar-refractivity contribution in [1.29, 1.82) is 0 Å². The zero-order valence-electron chi connectivity index (χ0n) is 16.2. The summed E-state index contributed by atoms with van der Waals surface area (Å²) < 4.78 is 1.84. The summed E-state index contributed by atoms with van der Waals surface area (Å²) in [5, 5.41) is 14.8. The van der Waals surface area contributed by atoms with Crippen LogP contribution in [0.3, 0.4) is 0 Å². The number of H-pyrrole nitrogens is 1. The van der Waals surface area contributed by atoms with Gasteiger partial charge in [-0.05, 0) is 37.1 Å². The van der Waals surface area contributed by atoms with Gasteiger partial charge in [-0.2, -0.15) is 10.2 Å². The molecular formula is C21H21ClN6O2. The maximum atomic E-state index is 12.6. The predicted octanol–water partition coefficient (Wildman–Crippen LogP) is 3.53. The summed E-state index contributed by atoms with van der Waals surface area (Å²) in [5.74, 6) is -0.340. The number of hydrogen-bond acceptors (Lipinski definition) is 4. The van der Waals surface area contributed by atoms with Crippen molar-refractivity contribution in [1.82, 2.24) is 24.9 Å². The van der Waals surface area contributed by atoms with Crippen molar-refractivity contribution in [2.45, 2.75) is 18.9 Å². The highest BCUT2D eigenvalue weighted by atomic mass is 35.5. The van der Waals surface area contributed by atoms with Crippen LogP contribution in [-0.4, -0.2) is 49.8 Å². The third-order valence-corrected chi connectivity index (χ3v) is 5.40. The first kappa shape index (κ1) is 19.9. The Labute approximate surface area is 178 Å². The molecule has 154 valence electrons. The standard InChI is InChI=1S/C21H21ClN6O2/c1-2-20(29)27-9-7-17(8-10-27)28-13-16(12-23-28)24-21(30)19-11-18(25-26-19)14-3-5-15(22)6-4-14/h2-6,11-13,17H,1,7-10H2,(H,24,30)(H,25,26). The number of carbonyl (C=O) groups is 2. The summed E-state index contributed by atoms with van der Waals surface area (Å²) in [4.78, 5) is 26.0. The van der Waals surface area contributed by atoms with E-state index >= 15 is 0 Å². The minimum Gasteiger partial charge on any atom is -0.339 e. The molecule has 30 heavy (non-hydrogen) atoms. The van der Waals surface area contributed by atoms with E-state index < -0.39 is 0 Å². The number of hydrogen-bond donors (Lipinski definition) is 2. The second kappa shape index (κ2) is 8.54. The lowest BCUT2D eigenvalue weighted by Crippen LogP contribution is -2.38. The van der Waals surface area contributed by atoms with E-state index in [0.717, 1.165) is 18.4 Å². The number of aromatic amines is 1. The summed E-state index contributed by atoms with van der Waals surface area (Å²) in [7, 11) is 0. The molecule has 2 amide bonds. The molecule has 3 aromatic rings. The summed E-state index contributed by atoms with van der Waals surface area (Å²) in [6.07, 6.45) is 6.38. The molecule has 9 heteroatoms. The van der Waals surface area contributed by atoms with Gasteiger partial charge in [0.25, 0.3) is 5.91 Å². The van der Waals surface area contributed by atoms with Crippen LogP contribution in [-0.2, 0) is 4.79 Å². The van der Waals surface area contributed by atoms with Crippen molar-refractivity contribution in [3.63, 3.8) is 0 Å².